The van der Waals surface area contributed by atoms with Gasteiger partial charge >= 0.3 is 6.18 Å². The Hall–Kier alpha value is -1.98. The third-order valence-electron chi connectivity index (χ3n) is 4.32. The second-order valence-corrected chi connectivity index (χ2v) is 6.65. The SMILES string of the molecule is CCNC(=NCc1ccc(OC)cc1C(F)(F)F)NCCCn1nc(C)cc1C.I. The first-order valence-corrected chi connectivity index (χ1v) is 9.52. The molecule has 168 valence electrons. The largest absolute Gasteiger partial charge is 0.497 e. The summed E-state index contributed by atoms with van der Waals surface area (Å²) < 4.78 is 46.9. The van der Waals surface area contributed by atoms with E-state index in [1.54, 1.807) is 0 Å². The Morgan fingerprint density at radius 1 is 1.20 bits per heavy atom. The van der Waals surface area contributed by atoms with Gasteiger partial charge in [-0.05, 0) is 51.0 Å². The second-order valence-electron chi connectivity index (χ2n) is 6.65. The number of rotatable bonds is 8. The van der Waals surface area contributed by atoms with Gasteiger partial charge in [0, 0.05) is 25.3 Å². The summed E-state index contributed by atoms with van der Waals surface area (Å²) in [6, 6.07) is 5.93. The van der Waals surface area contributed by atoms with Gasteiger partial charge in [0.15, 0.2) is 5.96 Å². The van der Waals surface area contributed by atoms with Crippen LogP contribution >= 0.6 is 24.0 Å². The Bertz CT molecular complexity index is 836. The molecule has 30 heavy (non-hydrogen) atoms. The lowest BCUT2D eigenvalue weighted by Crippen LogP contribution is -2.38. The molecule has 2 N–H and O–H groups in total. The number of benzene rings is 1. The van der Waals surface area contributed by atoms with Crippen molar-refractivity contribution in [3.05, 3.63) is 46.8 Å². The van der Waals surface area contributed by atoms with Crippen LogP contribution in [0.1, 0.15) is 35.9 Å². The number of hydrogen-bond donors (Lipinski definition) is 2. The summed E-state index contributed by atoms with van der Waals surface area (Å²) in [5.41, 5.74) is 1.44. The molecule has 1 heterocycles. The van der Waals surface area contributed by atoms with Gasteiger partial charge in [-0.2, -0.15) is 18.3 Å². The van der Waals surface area contributed by atoms with Crippen LogP contribution in [0, 0.1) is 13.8 Å². The van der Waals surface area contributed by atoms with Gasteiger partial charge in [-0.15, -0.1) is 24.0 Å². The van der Waals surface area contributed by atoms with Crippen molar-refractivity contribution in [3.8, 4) is 5.75 Å². The van der Waals surface area contributed by atoms with E-state index in [9.17, 15) is 13.2 Å². The van der Waals surface area contributed by atoms with Crippen molar-refractivity contribution in [1.29, 1.82) is 0 Å². The van der Waals surface area contributed by atoms with Crippen LogP contribution in [0.2, 0.25) is 0 Å². The van der Waals surface area contributed by atoms with Crippen molar-refractivity contribution in [2.45, 2.75) is 46.5 Å². The zero-order valence-electron chi connectivity index (χ0n) is 17.6. The average molecular weight is 539 g/mol. The minimum absolute atomic E-state index is 0. The van der Waals surface area contributed by atoms with Crippen molar-refractivity contribution in [3.63, 3.8) is 0 Å². The maximum Gasteiger partial charge on any atom is 0.416 e. The lowest BCUT2D eigenvalue weighted by Gasteiger charge is -2.15. The highest BCUT2D eigenvalue weighted by atomic mass is 127. The van der Waals surface area contributed by atoms with E-state index >= 15 is 0 Å². The first kappa shape index (κ1) is 26.1. The van der Waals surface area contributed by atoms with Gasteiger partial charge < -0.3 is 15.4 Å². The smallest absolute Gasteiger partial charge is 0.416 e. The predicted molar refractivity (Wildman–Crippen MR) is 123 cm³/mol. The molecule has 0 bridgehead atoms. The van der Waals surface area contributed by atoms with Crippen molar-refractivity contribution in [2.24, 2.45) is 4.99 Å². The molecule has 0 spiro atoms. The predicted octanol–water partition coefficient (Wildman–Crippen LogP) is 4.29. The Kier molecular flexibility index (Phi) is 10.4. The number of nitrogens with one attached hydrogen (secondary N) is 2. The molecule has 0 unspecified atom stereocenters. The highest BCUT2D eigenvalue weighted by Crippen LogP contribution is 2.34. The number of guanidine groups is 1. The summed E-state index contributed by atoms with van der Waals surface area (Å²) >= 11 is 0. The zero-order valence-corrected chi connectivity index (χ0v) is 20.0. The second kappa shape index (κ2) is 12.0. The summed E-state index contributed by atoms with van der Waals surface area (Å²) in [7, 11) is 1.34. The van der Waals surface area contributed by atoms with Gasteiger partial charge in [0.2, 0.25) is 0 Å². The van der Waals surface area contributed by atoms with E-state index in [4.69, 9.17) is 4.74 Å². The number of aliphatic imine (C=N–C) groups is 1. The molecule has 0 fully saturated rings. The lowest BCUT2D eigenvalue weighted by molar-refractivity contribution is -0.138. The fourth-order valence-corrected chi connectivity index (χ4v) is 2.93. The highest BCUT2D eigenvalue weighted by Gasteiger charge is 2.33. The molecule has 10 heteroatoms. The first-order chi connectivity index (χ1) is 13.7. The Labute approximate surface area is 192 Å². The van der Waals surface area contributed by atoms with Crippen molar-refractivity contribution in [1.82, 2.24) is 20.4 Å². The maximum absolute atomic E-state index is 13.3. The first-order valence-electron chi connectivity index (χ1n) is 9.52. The summed E-state index contributed by atoms with van der Waals surface area (Å²) in [5, 5.41) is 10.6. The molecule has 0 saturated carbocycles. The van der Waals surface area contributed by atoms with Crippen LogP contribution in [0.5, 0.6) is 5.75 Å². The number of aryl methyl sites for hydroxylation is 3. The van der Waals surface area contributed by atoms with E-state index in [2.05, 4.69) is 20.7 Å². The zero-order chi connectivity index (χ0) is 21.4. The van der Waals surface area contributed by atoms with Gasteiger partial charge in [0.05, 0.1) is 24.9 Å². The van der Waals surface area contributed by atoms with E-state index < -0.39 is 11.7 Å². The molecular formula is C20H29F3IN5O. The standard InChI is InChI=1S/C20H28F3N5O.HI/c1-5-24-19(25-9-6-10-28-15(3)11-14(2)27-28)26-13-16-7-8-17(29-4)12-18(16)20(21,22)23;/h7-8,11-12H,5-6,9-10,13H2,1-4H3,(H2,24,25,26);1H. The molecule has 0 aliphatic rings. The normalized spacial score (nSPS) is 11.8. The molecule has 0 amide bonds. The topological polar surface area (TPSA) is 63.5 Å². The Morgan fingerprint density at radius 3 is 2.50 bits per heavy atom. The van der Waals surface area contributed by atoms with Crippen LogP contribution in [-0.2, 0) is 19.3 Å². The van der Waals surface area contributed by atoms with E-state index in [0.29, 0.717) is 19.0 Å². The number of aromatic nitrogens is 2. The van der Waals surface area contributed by atoms with Crippen LogP contribution in [0.4, 0.5) is 13.2 Å². The molecule has 0 atom stereocenters. The fourth-order valence-electron chi connectivity index (χ4n) is 2.93. The van der Waals surface area contributed by atoms with Gasteiger partial charge in [0.1, 0.15) is 5.75 Å². The van der Waals surface area contributed by atoms with Crippen LogP contribution in [0.3, 0.4) is 0 Å². The van der Waals surface area contributed by atoms with Gasteiger partial charge in [0.25, 0.3) is 0 Å². The number of hydrogen-bond acceptors (Lipinski definition) is 3. The number of methoxy groups -OCH3 is 1. The van der Waals surface area contributed by atoms with Gasteiger partial charge in [-0.25, -0.2) is 4.99 Å². The minimum Gasteiger partial charge on any atom is -0.497 e. The number of nitrogens with zero attached hydrogens (tertiary/aromatic N) is 3. The van der Waals surface area contributed by atoms with E-state index in [-0.39, 0.29) is 41.8 Å². The van der Waals surface area contributed by atoms with E-state index in [0.717, 1.165) is 30.4 Å². The summed E-state index contributed by atoms with van der Waals surface area (Å²) in [5.74, 6) is 0.643. The van der Waals surface area contributed by atoms with Crippen LogP contribution in [0.15, 0.2) is 29.3 Å². The Balaban J connectivity index is 0.00000450. The summed E-state index contributed by atoms with van der Waals surface area (Å²) in [6.07, 6.45) is -3.66. The summed E-state index contributed by atoms with van der Waals surface area (Å²) in [6.45, 7) is 7.76. The van der Waals surface area contributed by atoms with Crippen molar-refractivity contribution < 1.29 is 17.9 Å². The van der Waals surface area contributed by atoms with Gasteiger partial charge in [-0.1, -0.05) is 6.07 Å². The molecule has 1 aromatic heterocycles. The van der Waals surface area contributed by atoms with Crippen LogP contribution in [-0.4, -0.2) is 35.9 Å². The number of halogens is 4. The van der Waals surface area contributed by atoms with E-state index in [1.807, 2.05) is 31.5 Å². The summed E-state index contributed by atoms with van der Waals surface area (Å²) in [4.78, 5) is 4.31. The lowest BCUT2D eigenvalue weighted by atomic mass is 10.1. The molecule has 0 saturated heterocycles. The molecule has 2 aromatic rings. The fraction of sp³-hybridized carbons (Fsp3) is 0.500. The molecule has 0 radical (unpaired) electrons. The molecule has 1 aromatic carbocycles. The molecular weight excluding hydrogens is 510 g/mol. The quantitative estimate of drug-likeness (QED) is 0.228. The maximum atomic E-state index is 13.3. The van der Waals surface area contributed by atoms with Crippen LogP contribution < -0.4 is 15.4 Å². The van der Waals surface area contributed by atoms with Crippen molar-refractivity contribution in [2.75, 3.05) is 20.2 Å². The van der Waals surface area contributed by atoms with E-state index in [1.165, 1.54) is 19.2 Å². The third kappa shape index (κ3) is 7.69. The minimum atomic E-state index is -4.47. The molecule has 2 rings (SSSR count). The van der Waals surface area contributed by atoms with Crippen LogP contribution in [0.25, 0.3) is 0 Å². The highest BCUT2D eigenvalue weighted by molar-refractivity contribution is 14.0. The number of alkyl halides is 3. The number of ether oxygens (including phenoxy) is 1. The monoisotopic (exact) mass is 539 g/mol. The Morgan fingerprint density at radius 2 is 1.93 bits per heavy atom. The molecule has 0 aliphatic carbocycles. The third-order valence-corrected chi connectivity index (χ3v) is 4.32. The molecule has 0 aliphatic heterocycles. The van der Waals surface area contributed by atoms with Crippen molar-refractivity contribution >= 4 is 29.9 Å². The average Bonchev–Trinajstić information content (AvgIpc) is 2.99. The van der Waals surface area contributed by atoms with Gasteiger partial charge in [-0.3, -0.25) is 4.68 Å². The molecule has 6 nitrogen and oxygen atoms in total.